The average Bonchev–Trinajstić information content (AvgIpc) is 3.96. The van der Waals surface area contributed by atoms with Gasteiger partial charge in [0.15, 0.2) is 23.1 Å². The van der Waals surface area contributed by atoms with Crippen LogP contribution in [0.4, 0.5) is 0 Å². The molecule has 0 fully saturated rings. The molecule has 266 valence electrons. The monoisotopic (exact) mass is 732 g/mol. The van der Waals surface area contributed by atoms with Crippen LogP contribution in [0.5, 0.6) is 0 Å². The second-order valence-corrected chi connectivity index (χ2v) is 14.0. The van der Waals surface area contributed by atoms with Crippen molar-refractivity contribution in [3.63, 3.8) is 0 Å². The van der Waals surface area contributed by atoms with Gasteiger partial charge in [-0.25, -0.2) is 15.0 Å². The number of hydrogen-bond donors (Lipinski definition) is 0. The van der Waals surface area contributed by atoms with Gasteiger partial charge in [-0.3, -0.25) is 4.57 Å². The first-order chi connectivity index (χ1) is 28.2. The Morgan fingerprint density at radius 1 is 0.386 bits per heavy atom. The van der Waals surface area contributed by atoms with Crippen molar-refractivity contribution in [3.8, 4) is 51.4 Å². The number of para-hydroxylation sites is 3. The Morgan fingerprint density at radius 2 is 1.00 bits per heavy atom. The van der Waals surface area contributed by atoms with Gasteiger partial charge < -0.3 is 8.83 Å². The minimum atomic E-state index is 0.538. The minimum absolute atomic E-state index is 0.538. The van der Waals surface area contributed by atoms with Gasteiger partial charge in [0.25, 0.3) is 0 Å². The topological polar surface area (TPSA) is 95.7 Å². The highest BCUT2D eigenvalue weighted by atomic mass is 16.3. The molecule has 57 heavy (non-hydrogen) atoms. The lowest BCUT2D eigenvalue weighted by molar-refractivity contribution is 0.666. The molecule has 8 heteroatoms. The van der Waals surface area contributed by atoms with E-state index in [9.17, 15) is 0 Å². The summed E-state index contributed by atoms with van der Waals surface area (Å²) in [5.74, 6) is 2.29. The number of furan rings is 2. The maximum Gasteiger partial charge on any atom is 0.238 e. The van der Waals surface area contributed by atoms with Crippen LogP contribution in [-0.2, 0) is 0 Å². The molecule has 0 aliphatic heterocycles. The normalized spacial score (nSPS) is 11.9. The standard InChI is InChI=1S/C49H28N6O2/c1-3-14-29(15-4-1)46-50-43(45-44(51-46)35-20-9-12-24-39(35)57-45)31-26-27-34-41(28-31)56-40-25-13-21-36(42(34)40)48-52-47(30-16-5-2-6-17-30)53-49(54-48)55-37-22-10-7-18-32(37)33-19-8-11-23-38(33)55/h1-28H. The molecule has 0 N–H and O–H groups in total. The first-order valence-electron chi connectivity index (χ1n) is 18.8. The Bertz CT molecular complexity index is 3480. The number of rotatable bonds is 5. The summed E-state index contributed by atoms with van der Waals surface area (Å²) in [6.45, 7) is 0. The van der Waals surface area contributed by atoms with E-state index in [1.807, 2.05) is 115 Å². The van der Waals surface area contributed by atoms with Gasteiger partial charge in [0.1, 0.15) is 28.0 Å². The zero-order valence-corrected chi connectivity index (χ0v) is 30.2. The third-order valence-corrected chi connectivity index (χ3v) is 10.7. The highest BCUT2D eigenvalue weighted by Crippen LogP contribution is 2.41. The Hall–Kier alpha value is -7.97. The predicted octanol–water partition coefficient (Wildman–Crippen LogP) is 12.2. The van der Waals surface area contributed by atoms with Gasteiger partial charge in [-0.2, -0.15) is 9.97 Å². The van der Waals surface area contributed by atoms with E-state index in [-0.39, 0.29) is 0 Å². The highest BCUT2D eigenvalue weighted by Gasteiger charge is 2.22. The van der Waals surface area contributed by atoms with Crippen LogP contribution >= 0.6 is 0 Å². The average molecular weight is 733 g/mol. The molecule has 0 bridgehead atoms. The van der Waals surface area contributed by atoms with Crippen molar-refractivity contribution in [2.45, 2.75) is 0 Å². The fraction of sp³-hybridized carbons (Fsp3) is 0. The summed E-state index contributed by atoms with van der Waals surface area (Å²) in [6.07, 6.45) is 0. The maximum atomic E-state index is 6.64. The predicted molar refractivity (Wildman–Crippen MR) is 226 cm³/mol. The van der Waals surface area contributed by atoms with E-state index in [1.54, 1.807) is 0 Å². The molecule has 0 aliphatic carbocycles. The van der Waals surface area contributed by atoms with E-state index in [2.05, 4.69) is 59.2 Å². The summed E-state index contributed by atoms with van der Waals surface area (Å²) >= 11 is 0. The number of hydrogen-bond acceptors (Lipinski definition) is 7. The Kier molecular flexibility index (Phi) is 6.76. The van der Waals surface area contributed by atoms with Crippen molar-refractivity contribution >= 4 is 65.8 Å². The summed E-state index contributed by atoms with van der Waals surface area (Å²) in [5.41, 5.74) is 9.84. The summed E-state index contributed by atoms with van der Waals surface area (Å²) in [5, 5.41) is 5.06. The van der Waals surface area contributed by atoms with Crippen molar-refractivity contribution in [1.82, 2.24) is 29.5 Å². The maximum absolute atomic E-state index is 6.64. The van der Waals surface area contributed by atoms with Crippen molar-refractivity contribution in [2.24, 2.45) is 0 Å². The third-order valence-electron chi connectivity index (χ3n) is 10.7. The summed E-state index contributed by atoms with van der Waals surface area (Å²) in [6, 6.07) is 57.0. The molecule has 0 radical (unpaired) electrons. The number of nitrogens with zero attached hydrogens (tertiary/aromatic N) is 6. The summed E-state index contributed by atoms with van der Waals surface area (Å²) in [4.78, 5) is 25.6. The van der Waals surface area contributed by atoms with E-state index in [4.69, 9.17) is 33.8 Å². The van der Waals surface area contributed by atoms with Gasteiger partial charge in [-0.1, -0.05) is 127 Å². The molecule has 5 aromatic heterocycles. The molecule has 8 nitrogen and oxygen atoms in total. The zero-order chi connectivity index (χ0) is 37.5. The molecule has 7 aromatic carbocycles. The molecule has 12 rings (SSSR count). The number of benzene rings is 7. The number of fused-ring (bicyclic) bond motifs is 9. The zero-order valence-electron chi connectivity index (χ0n) is 30.2. The second kappa shape index (κ2) is 12.3. The molecule has 0 amide bonds. The van der Waals surface area contributed by atoms with Gasteiger partial charge in [-0.15, -0.1) is 0 Å². The highest BCUT2D eigenvalue weighted by molar-refractivity contribution is 6.14. The number of aromatic nitrogens is 6. The van der Waals surface area contributed by atoms with Crippen LogP contribution in [0, 0.1) is 0 Å². The van der Waals surface area contributed by atoms with Crippen LogP contribution in [0.1, 0.15) is 0 Å². The van der Waals surface area contributed by atoms with Crippen LogP contribution in [-0.4, -0.2) is 29.5 Å². The molecular formula is C49H28N6O2. The van der Waals surface area contributed by atoms with Crippen LogP contribution in [0.3, 0.4) is 0 Å². The van der Waals surface area contributed by atoms with Crippen LogP contribution in [0.2, 0.25) is 0 Å². The molecule has 12 aromatic rings. The van der Waals surface area contributed by atoms with Crippen molar-refractivity contribution in [3.05, 3.63) is 170 Å². The van der Waals surface area contributed by atoms with Gasteiger partial charge in [0, 0.05) is 49.2 Å². The molecule has 0 saturated carbocycles. The Labute approximate surface area is 324 Å². The van der Waals surface area contributed by atoms with Crippen molar-refractivity contribution < 1.29 is 8.83 Å². The van der Waals surface area contributed by atoms with Crippen LogP contribution < -0.4 is 0 Å². The van der Waals surface area contributed by atoms with Gasteiger partial charge in [0.05, 0.1) is 11.0 Å². The molecule has 0 aliphatic rings. The summed E-state index contributed by atoms with van der Waals surface area (Å²) < 4.78 is 15.2. The summed E-state index contributed by atoms with van der Waals surface area (Å²) in [7, 11) is 0. The van der Waals surface area contributed by atoms with Crippen molar-refractivity contribution in [2.75, 3.05) is 0 Å². The second-order valence-electron chi connectivity index (χ2n) is 14.0. The quantitative estimate of drug-likeness (QED) is 0.174. The van der Waals surface area contributed by atoms with Gasteiger partial charge >= 0.3 is 0 Å². The van der Waals surface area contributed by atoms with E-state index in [0.717, 1.165) is 76.9 Å². The van der Waals surface area contributed by atoms with Crippen LogP contribution in [0.15, 0.2) is 179 Å². The largest absolute Gasteiger partial charge is 0.456 e. The van der Waals surface area contributed by atoms with Crippen molar-refractivity contribution in [1.29, 1.82) is 0 Å². The van der Waals surface area contributed by atoms with E-state index in [0.29, 0.717) is 40.3 Å². The molecule has 0 unspecified atom stereocenters. The molecular weight excluding hydrogens is 705 g/mol. The lowest BCUT2D eigenvalue weighted by Crippen LogP contribution is -2.06. The fourth-order valence-electron chi connectivity index (χ4n) is 8.10. The lowest BCUT2D eigenvalue weighted by atomic mass is 10.0. The lowest BCUT2D eigenvalue weighted by Gasteiger charge is -2.11. The molecule has 0 saturated heterocycles. The molecule has 5 heterocycles. The van der Waals surface area contributed by atoms with E-state index >= 15 is 0 Å². The molecule has 0 spiro atoms. The minimum Gasteiger partial charge on any atom is -0.456 e. The van der Waals surface area contributed by atoms with Crippen LogP contribution in [0.25, 0.3) is 117 Å². The van der Waals surface area contributed by atoms with Gasteiger partial charge in [-0.05, 0) is 42.5 Å². The van der Waals surface area contributed by atoms with E-state index in [1.165, 1.54) is 0 Å². The molecule has 0 atom stereocenters. The SMILES string of the molecule is c1ccc(-c2nc(-c3cccc4oc5cc(-c6nc(-c7ccccc7)nc7c6oc6ccccc67)ccc5c34)nc(-n3c4ccccc4c4ccccc43)n2)cc1. The third kappa shape index (κ3) is 4.91. The van der Waals surface area contributed by atoms with Gasteiger partial charge in [0.2, 0.25) is 5.95 Å². The first kappa shape index (κ1) is 31.4. The Balaban J connectivity index is 1.08. The first-order valence-corrected chi connectivity index (χ1v) is 18.8. The Morgan fingerprint density at radius 3 is 1.74 bits per heavy atom. The fourth-order valence-corrected chi connectivity index (χ4v) is 8.10. The smallest absolute Gasteiger partial charge is 0.238 e. The van der Waals surface area contributed by atoms with E-state index < -0.39 is 0 Å².